The van der Waals surface area contributed by atoms with Gasteiger partial charge in [0.2, 0.25) is 0 Å². The van der Waals surface area contributed by atoms with Crippen LogP contribution < -0.4 is 0 Å². The fourth-order valence-electron chi connectivity index (χ4n) is 2.41. The van der Waals surface area contributed by atoms with Crippen LogP contribution in [0.4, 0.5) is 0 Å². The van der Waals surface area contributed by atoms with E-state index in [1.165, 1.54) is 0 Å². The number of benzene rings is 1. The molecule has 0 radical (unpaired) electrons. The number of carboxylic acid groups (broad SMARTS) is 1. The van der Waals surface area contributed by atoms with Crippen LogP contribution in [-0.2, 0) is 11.2 Å². The average Bonchev–Trinajstić information content (AvgIpc) is 3.10. The Labute approximate surface area is 101 Å². The molecule has 0 aliphatic heterocycles. The molecular weight excluding hydrogens is 216 g/mol. The normalized spacial score (nSPS) is 16.8. The summed E-state index contributed by atoms with van der Waals surface area (Å²) in [6, 6.07) is 5.66. The van der Waals surface area contributed by atoms with E-state index in [1.807, 2.05) is 25.1 Å². The van der Waals surface area contributed by atoms with Gasteiger partial charge in [-0.05, 0) is 36.3 Å². The van der Waals surface area contributed by atoms with Crippen LogP contribution in [0.5, 0.6) is 5.75 Å². The second-order valence-electron chi connectivity index (χ2n) is 4.75. The predicted octanol–water partition coefficient (Wildman–Crippen LogP) is 2.92. The molecule has 1 saturated carbocycles. The third kappa shape index (κ3) is 2.60. The maximum atomic E-state index is 10.9. The van der Waals surface area contributed by atoms with Crippen LogP contribution in [0.3, 0.4) is 0 Å². The number of phenols is 1. The summed E-state index contributed by atoms with van der Waals surface area (Å²) in [6.45, 7) is 1.99. The van der Waals surface area contributed by atoms with Gasteiger partial charge in [-0.25, -0.2) is 0 Å². The van der Waals surface area contributed by atoms with Crippen LogP contribution in [-0.4, -0.2) is 16.2 Å². The highest BCUT2D eigenvalue weighted by atomic mass is 16.4. The van der Waals surface area contributed by atoms with Crippen molar-refractivity contribution in [2.24, 2.45) is 5.92 Å². The number of aromatic hydroxyl groups is 1. The van der Waals surface area contributed by atoms with Gasteiger partial charge in [0, 0.05) is 5.92 Å². The van der Waals surface area contributed by atoms with Crippen LogP contribution in [0.2, 0.25) is 0 Å². The minimum Gasteiger partial charge on any atom is -0.507 e. The number of carbonyl (C=O) groups is 1. The maximum Gasteiger partial charge on any atom is 0.303 e. The van der Waals surface area contributed by atoms with Crippen molar-refractivity contribution >= 4 is 5.97 Å². The quantitative estimate of drug-likeness (QED) is 0.823. The SMILES string of the molecule is CCc1cccc(C(CC(=O)O)C2CC2)c1O. The molecular formula is C14H18O3. The minimum absolute atomic E-state index is 0.0287. The van der Waals surface area contributed by atoms with Gasteiger partial charge in [-0.2, -0.15) is 0 Å². The van der Waals surface area contributed by atoms with Crippen molar-refractivity contribution in [3.05, 3.63) is 29.3 Å². The molecule has 92 valence electrons. The molecule has 3 nitrogen and oxygen atoms in total. The highest BCUT2D eigenvalue weighted by molar-refractivity contribution is 5.68. The van der Waals surface area contributed by atoms with E-state index in [-0.39, 0.29) is 12.3 Å². The van der Waals surface area contributed by atoms with E-state index in [2.05, 4.69) is 0 Å². The van der Waals surface area contributed by atoms with Crippen molar-refractivity contribution < 1.29 is 15.0 Å². The van der Waals surface area contributed by atoms with Gasteiger partial charge in [-0.1, -0.05) is 25.1 Å². The number of carboxylic acids is 1. The van der Waals surface area contributed by atoms with Crippen molar-refractivity contribution in [2.75, 3.05) is 0 Å². The monoisotopic (exact) mass is 234 g/mol. The van der Waals surface area contributed by atoms with Gasteiger partial charge in [0.1, 0.15) is 5.75 Å². The highest BCUT2D eigenvalue weighted by Gasteiger charge is 2.35. The van der Waals surface area contributed by atoms with Crippen molar-refractivity contribution in [3.63, 3.8) is 0 Å². The number of hydrogen-bond donors (Lipinski definition) is 2. The average molecular weight is 234 g/mol. The van der Waals surface area contributed by atoms with Crippen molar-refractivity contribution in [3.8, 4) is 5.75 Å². The van der Waals surface area contributed by atoms with Crippen LogP contribution >= 0.6 is 0 Å². The Morgan fingerprint density at radius 2 is 2.18 bits per heavy atom. The molecule has 1 aliphatic carbocycles. The zero-order valence-corrected chi connectivity index (χ0v) is 10.0. The molecule has 1 aromatic carbocycles. The van der Waals surface area contributed by atoms with E-state index < -0.39 is 5.97 Å². The maximum absolute atomic E-state index is 10.9. The molecule has 2 rings (SSSR count). The second-order valence-corrected chi connectivity index (χ2v) is 4.75. The first-order valence-corrected chi connectivity index (χ1v) is 6.16. The van der Waals surface area contributed by atoms with Crippen LogP contribution in [0, 0.1) is 5.92 Å². The van der Waals surface area contributed by atoms with E-state index in [0.717, 1.165) is 30.4 Å². The first-order valence-electron chi connectivity index (χ1n) is 6.16. The van der Waals surface area contributed by atoms with Gasteiger partial charge in [-0.3, -0.25) is 4.79 Å². The molecule has 0 spiro atoms. The summed E-state index contributed by atoms with van der Waals surface area (Å²) in [5.41, 5.74) is 1.72. The summed E-state index contributed by atoms with van der Waals surface area (Å²) in [7, 11) is 0. The van der Waals surface area contributed by atoms with E-state index in [4.69, 9.17) is 5.11 Å². The molecule has 17 heavy (non-hydrogen) atoms. The highest BCUT2D eigenvalue weighted by Crippen LogP contribution is 2.47. The van der Waals surface area contributed by atoms with Gasteiger partial charge in [0.05, 0.1) is 6.42 Å². The first kappa shape index (κ1) is 12.0. The fraction of sp³-hybridized carbons (Fsp3) is 0.500. The third-order valence-corrected chi connectivity index (χ3v) is 3.52. The smallest absolute Gasteiger partial charge is 0.303 e. The number of hydrogen-bond acceptors (Lipinski definition) is 2. The first-order chi connectivity index (χ1) is 8.13. The summed E-state index contributed by atoms with van der Waals surface area (Å²) in [5.74, 6) is -0.0838. The van der Waals surface area contributed by atoms with Gasteiger partial charge < -0.3 is 10.2 Å². The number of para-hydroxylation sites is 1. The van der Waals surface area contributed by atoms with Crippen LogP contribution in [0.1, 0.15) is 43.2 Å². The largest absolute Gasteiger partial charge is 0.507 e. The van der Waals surface area contributed by atoms with Gasteiger partial charge in [-0.15, -0.1) is 0 Å². The fourth-order valence-corrected chi connectivity index (χ4v) is 2.41. The van der Waals surface area contributed by atoms with Crippen molar-refractivity contribution in [2.45, 2.75) is 38.5 Å². The molecule has 1 fully saturated rings. The molecule has 1 aliphatic rings. The number of rotatable bonds is 5. The summed E-state index contributed by atoms with van der Waals surface area (Å²) >= 11 is 0. The Kier molecular flexibility index (Phi) is 3.36. The van der Waals surface area contributed by atoms with Gasteiger partial charge >= 0.3 is 5.97 Å². The van der Waals surface area contributed by atoms with E-state index in [9.17, 15) is 9.90 Å². The van der Waals surface area contributed by atoms with E-state index >= 15 is 0 Å². The molecule has 1 aromatic rings. The van der Waals surface area contributed by atoms with Crippen molar-refractivity contribution in [1.29, 1.82) is 0 Å². The van der Waals surface area contributed by atoms with Crippen molar-refractivity contribution in [1.82, 2.24) is 0 Å². The molecule has 2 N–H and O–H groups in total. The lowest BCUT2D eigenvalue weighted by Crippen LogP contribution is -2.09. The zero-order valence-electron chi connectivity index (χ0n) is 10.0. The van der Waals surface area contributed by atoms with E-state index in [0.29, 0.717) is 11.7 Å². The molecule has 0 aromatic heterocycles. The van der Waals surface area contributed by atoms with Crippen LogP contribution in [0.25, 0.3) is 0 Å². The summed E-state index contributed by atoms with van der Waals surface area (Å²) in [5, 5.41) is 19.1. The topological polar surface area (TPSA) is 57.5 Å². The Bertz CT molecular complexity index is 421. The molecule has 0 amide bonds. The molecule has 0 bridgehead atoms. The minimum atomic E-state index is -0.789. The lowest BCUT2D eigenvalue weighted by atomic mass is 9.88. The van der Waals surface area contributed by atoms with Crippen LogP contribution in [0.15, 0.2) is 18.2 Å². The summed E-state index contributed by atoms with van der Waals surface area (Å²) in [6.07, 6.45) is 3.04. The van der Waals surface area contributed by atoms with Gasteiger partial charge in [0.25, 0.3) is 0 Å². The Hall–Kier alpha value is -1.51. The molecule has 0 heterocycles. The lowest BCUT2D eigenvalue weighted by Gasteiger charge is -2.17. The lowest BCUT2D eigenvalue weighted by molar-refractivity contribution is -0.137. The zero-order chi connectivity index (χ0) is 12.4. The summed E-state index contributed by atoms with van der Waals surface area (Å²) in [4.78, 5) is 10.9. The predicted molar refractivity (Wildman–Crippen MR) is 65.2 cm³/mol. The third-order valence-electron chi connectivity index (χ3n) is 3.52. The van der Waals surface area contributed by atoms with Gasteiger partial charge in [0.15, 0.2) is 0 Å². The Balaban J connectivity index is 2.31. The molecule has 3 heteroatoms. The summed E-state index contributed by atoms with van der Waals surface area (Å²) < 4.78 is 0. The number of aliphatic carboxylic acids is 1. The Morgan fingerprint density at radius 3 is 2.71 bits per heavy atom. The Morgan fingerprint density at radius 1 is 1.47 bits per heavy atom. The number of phenolic OH excluding ortho intramolecular Hbond substituents is 1. The van der Waals surface area contributed by atoms with E-state index in [1.54, 1.807) is 0 Å². The number of aryl methyl sites for hydroxylation is 1. The molecule has 1 unspecified atom stereocenters. The standard InChI is InChI=1S/C14H18O3/c1-2-9-4-3-5-11(14(9)17)12(8-13(15)16)10-6-7-10/h3-5,10,12,17H,2,6-8H2,1H3,(H,15,16). The molecule has 0 saturated heterocycles. The molecule has 1 atom stereocenters. The second kappa shape index (κ2) is 4.78.